The van der Waals surface area contributed by atoms with Gasteiger partial charge in [-0.05, 0) is 11.6 Å². The number of thiazole rings is 1. The third-order valence-corrected chi connectivity index (χ3v) is 3.72. The molecule has 20 heavy (non-hydrogen) atoms. The fraction of sp³-hybridized carbons (Fsp3) is 0. The Kier molecular flexibility index (Phi) is 3.46. The zero-order valence-electron chi connectivity index (χ0n) is 10.5. The van der Waals surface area contributed by atoms with Crippen molar-refractivity contribution in [2.24, 2.45) is 5.11 Å². The van der Waals surface area contributed by atoms with Gasteiger partial charge in [-0.15, -0.1) is 11.3 Å². The molecule has 0 amide bonds. The minimum Gasteiger partial charge on any atom is -0.236 e. The maximum Gasteiger partial charge on any atom is 0.124 e. The van der Waals surface area contributed by atoms with E-state index in [1.807, 2.05) is 53.9 Å². The van der Waals surface area contributed by atoms with Crippen molar-refractivity contribution in [1.29, 1.82) is 0 Å². The quantitative estimate of drug-likeness (QED) is 0.358. The molecule has 1 heterocycles. The predicted octanol–water partition coefficient (Wildman–Crippen LogP) is 5.42. The molecule has 0 aliphatic carbocycles. The molecule has 0 unspecified atom stereocenters. The summed E-state index contributed by atoms with van der Waals surface area (Å²) in [5.74, 6) is 0. The molecule has 1 aromatic heterocycles. The van der Waals surface area contributed by atoms with E-state index in [2.05, 4.69) is 15.0 Å². The number of aromatic nitrogens is 1. The third-order valence-electron chi connectivity index (χ3n) is 2.83. The highest BCUT2D eigenvalue weighted by atomic mass is 32.1. The first-order chi connectivity index (χ1) is 9.86. The van der Waals surface area contributed by atoms with Crippen molar-refractivity contribution >= 4 is 17.0 Å². The first-order valence-corrected chi connectivity index (χ1v) is 6.91. The molecule has 0 radical (unpaired) electrons. The second kappa shape index (κ2) is 5.57. The maximum atomic E-state index is 8.48. The van der Waals surface area contributed by atoms with Gasteiger partial charge in [-0.2, -0.15) is 0 Å². The molecular formula is C15H10N4S. The Morgan fingerprint density at radius 2 is 1.80 bits per heavy atom. The van der Waals surface area contributed by atoms with Gasteiger partial charge in [0.2, 0.25) is 0 Å². The molecule has 0 fully saturated rings. The van der Waals surface area contributed by atoms with E-state index in [0.29, 0.717) is 5.69 Å². The molecule has 0 saturated heterocycles. The molecule has 0 aliphatic rings. The van der Waals surface area contributed by atoms with E-state index in [9.17, 15) is 0 Å². The first-order valence-electron chi connectivity index (χ1n) is 6.03. The average Bonchev–Trinajstić information content (AvgIpc) is 2.99. The summed E-state index contributed by atoms with van der Waals surface area (Å²) >= 11 is 1.60. The van der Waals surface area contributed by atoms with Crippen LogP contribution in [0, 0.1) is 0 Å². The molecule has 5 heteroatoms. The number of benzene rings is 2. The van der Waals surface area contributed by atoms with Crippen LogP contribution < -0.4 is 0 Å². The summed E-state index contributed by atoms with van der Waals surface area (Å²) < 4.78 is 0. The normalized spacial score (nSPS) is 10.0. The predicted molar refractivity (Wildman–Crippen MR) is 81.8 cm³/mol. The van der Waals surface area contributed by atoms with Crippen LogP contribution in [-0.2, 0) is 0 Å². The van der Waals surface area contributed by atoms with E-state index in [1.165, 1.54) is 0 Å². The zero-order chi connectivity index (χ0) is 13.8. The first kappa shape index (κ1) is 12.4. The Morgan fingerprint density at radius 3 is 2.60 bits per heavy atom. The molecule has 96 valence electrons. The van der Waals surface area contributed by atoms with Crippen molar-refractivity contribution in [2.45, 2.75) is 0 Å². The molecule has 0 bridgehead atoms. The van der Waals surface area contributed by atoms with E-state index in [1.54, 1.807) is 17.4 Å². The van der Waals surface area contributed by atoms with Gasteiger partial charge in [-0.3, -0.25) is 0 Å². The van der Waals surface area contributed by atoms with Crippen LogP contribution in [-0.4, -0.2) is 4.98 Å². The molecule has 3 aromatic rings. The standard InChI is InChI=1S/C15H10N4S/c16-19-18-13-8-4-7-12(9-13)14-10-20-15(17-14)11-5-2-1-3-6-11/h1-10H. The van der Waals surface area contributed by atoms with Crippen LogP contribution >= 0.6 is 11.3 Å². The number of rotatable bonds is 3. The van der Waals surface area contributed by atoms with E-state index >= 15 is 0 Å². The van der Waals surface area contributed by atoms with Gasteiger partial charge in [0.05, 0.1) is 5.69 Å². The molecule has 0 saturated carbocycles. The minimum atomic E-state index is 0.597. The molecule has 0 spiro atoms. The Morgan fingerprint density at radius 1 is 1.00 bits per heavy atom. The second-order valence-corrected chi connectivity index (χ2v) is 5.00. The van der Waals surface area contributed by atoms with Gasteiger partial charge in [0.1, 0.15) is 5.01 Å². The monoisotopic (exact) mass is 278 g/mol. The molecule has 4 nitrogen and oxygen atoms in total. The molecular weight excluding hydrogens is 268 g/mol. The van der Waals surface area contributed by atoms with Crippen LogP contribution in [0.15, 0.2) is 65.1 Å². The smallest absolute Gasteiger partial charge is 0.124 e. The van der Waals surface area contributed by atoms with E-state index in [4.69, 9.17) is 5.53 Å². The summed E-state index contributed by atoms with van der Waals surface area (Å²) in [6.07, 6.45) is 0. The van der Waals surface area contributed by atoms with Crippen molar-refractivity contribution in [3.8, 4) is 21.8 Å². The van der Waals surface area contributed by atoms with Gasteiger partial charge in [-0.25, -0.2) is 4.98 Å². The fourth-order valence-corrected chi connectivity index (χ4v) is 2.73. The molecule has 2 aromatic carbocycles. The van der Waals surface area contributed by atoms with Crippen LogP contribution in [0.1, 0.15) is 0 Å². The second-order valence-electron chi connectivity index (χ2n) is 4.14. The lowest BCUT2D eigenvalue weighted by molar-refractivity contribution is 1.39. The van der Waals surface area contributed by atoms with Crippen LogP contribution in [0.2, 0.25) is 0 Å². The van der Waals surface area contributed by atoms with Crippen LogP contribution in [0.3, 0.4) is 0 Å². The number of azide groups is 1. The van der Waals surface area contributed by atoms with E-state index in [0.717, 1.165) is 21.8 Å². The lowest BCUT2D eigenvalue weighted by Gasteiger charge is -1.98. The van der Waals surface area contributed by atoms with Crippen molar-refractivity contribution in [2.75, 3.05) is 0 Å². The van der Waals surface area contributed by atoms with E-state index in [-0.39, 0.29) is 0 Å². The average molecular weight is 278 g/mol. The third kappa shape index (κ3) is 2.54. The largest absolute Gasteiger partial charge is 0.236 e. The Balaban J connectivity index is 1.98. The van der Waals surface area contributed by atoms with Gasteiger partial charge in [0.15, 0.2) is 0 Å². The highest BCUT2D eigenvalue weighted by Crippen LogP contribution is 2.30. The molecule has 0 aliphatic heterocycles. The SMILES string of the molecule is [N-]=[N+]=Nc1cccc(-c2csc(-c3ccccc3)n2)c1. The molecule has 0 atom stereocenters. The van der Waals surface area contributed by atoms with Crippen LogP contribution in [0.25, 0.3) is 32.3 Å². The Labute approximate surface area is 120 Å². The van der Waals surface area contributed by atoms with Crippen molar-refractivity contribution < 1.29 is 0 Å². The summed E-state index contributed by atoms with van der Waals surface area (Å²) in [6.45, 7) is 0. The van der Waals surface area contributed by atoms with Gasteiger partial charge in [0.25, 0.3) is 0 Å². The maximum absolute atomic E-state index is 8.48. The summed E-state index contributed by atoms with van der Waals surface area (Å²) in [6, 6.07) is 17.5. The zero-order valence-corrected chi connectivity index (χ0v) is 11.3. The van der Waals surface area contributed by atoms with Gasteiger partial charge < -0.3 is 0 Å². The number of hydrogen-bond acceptors (Lipinski definition) is 3. The number of nitrogens with zero attached hydrogens (tertiary/aromatic N) is 4. The Bertz CT molecular complexity index is 773. The summed E-state index contributed by atoms with van der Waals surface area (Å²) in [4.78, 5) is 7.44. The van der Waals surface area contributed by atoms with Crippen LogP contribution in [0.4, 0.5) is 5.69 Å². The number of hydrogen-bond donors (Lipinski definition) is 0. The van der Waals surface area contributed by atoms with Crippen LogP contribution in [0.5, 0.6) is 0 Å². The fourth-order valence-electron chi connectivity index (χ4n) is 1.90. The lowest BCUT2D eigenvalue weighted by atomic mass is 10.1. The molecule has 0 N–H and O–H groups in total. The van der Waals surface area contributed by atoms with Crippen molar-refractivity contribution in [3.05, 3.63) is 70.4 Å². The summed E-state index contributed by atoms with van der Waals surface area (Å²) in [7, 11) is 0. The van der Waals surface area contributed by atoms with Crippen molar-refractivity contribution in [1.82, 2.24) is 4.98 Å². The molecule has 3 rings (SSSR count). The van der Waals surface area contributed by atoms with Gasteiger partial charge >= 0.3 is 0 Å². The Hall–Kier alpha value is -2.62. The minimum absolute atomic E-state index is 0.597. The summed E-state index contributed by atoms with van der Waals surface area (Å²) in [5.41, 5.74) is 12.0. The topological polar surface area (TPSA) is 61.7 Å². The lowest BCUT2D eigenvalue weighted by Crippen LogP contribution is -1.79. The highest BCUT2D eigenvalue weighted by Gasteiger charge is 2.06. The van der Waals surface area contributed by atoms with Gasteiger partial charge in [-0.1, -0.05) is 53.6 Å². The van der Waals surface area contributed by atoms with E-state index < -0.39 is 0 Å². The van der Waals surface area contributed by atoms with Gasteiger partial charge in [0, 0.05) is 27.1 Å². The summed E-state index contributed by atoms with van der Waals surface area (Å²) in [5, 5.41) is 6.61. The van der Waals surface area contributed by atoms with Crippen molar-refractivity contribution in [3.63, 3.8) is 0 Å². The highest BCUT2D eigenvalue weighted by molar-refractivity contribution is 7.13.